The van der Waals surface area contributed by atoms with Crippen molar-refractivity contribution in [2.75, 3.05) is 46.5 Å². The normalized spacial score (nSPS) is 18.0. The summed E-state index contributed by atoms with van der Waals surface area (Å²) in [6.07, 6.45) is 1.43. The molecule has 0 saturated carbocycles. The third-order valence-corrected chi connectivity index (χ3v) is 8.41. The average molecular weight is 489 g/mol. The lowest BCUT2D eigenvalue weighted by Gasteiger charge is -2.32. The standard InChI is InChI=1S/C25H32N2O6S/c1-18-4-5-21(16-19(18)2)33-20-8-10-26(11-9-20)25(28)23-17-22(6-7-24(23)31-3)34(29,30)27-12-14-32-15-13-27/h4-7,16-17,20H,8-15H2,1-3H3. The maximum absolute atomic E-state index is 13.4. The second-order valence-corrected chi connectivity index (χ2v) is 10.7. The van der Waals surface area contributed by atoms with Gasteiger partial charge >= 0.3 is 0 Å². The van der Waals surface area contributed by atoms with E-state index in [1.807, 2.05) is 18.2 Å². The van der Waals surface area contributed by atoms with Crippen molar-refractivity contribution in [1.82, 2.24) is 9.21 Å². The van der Waals surface area contributed by atoms with Crippen LogP contribution in [0, 0.1) is 13.8 Å². The minimum Gasteiger partial charge on any atom is -0.496 e. The van der Waals surface area contributed by atoms with Crippen LogP contribution < -0.4 is 9.47 Å². The van der Waals surface area contributed by atoms with Gasteiger partial charge < -0.3 is 19.1 Å². The number of morpholine rings is 1. The highest BCUT2D eigenvalue weighted by Crippen LogP contribution is 2.28. The highest BCUT2D eigenvalue weighted by atomic mass is 32.2. The van der Waals surface area contributed by atoms with Gasteiger partial charge in [0.15, 0.2) is 0 Å². The molecular formula is C25H32N2O6S. The van der Waals surface area contributed by atoms with Gasteiger partial charge in [0.2, 0.25) is 10.0 Å². The van der Waals surface area contributed by atoms with Gasteiger partial charge in [0.05, 0.1) is 30.8 Å². The summed E-state index contributed by atoms with van der Waals surface area (Å²) in [5.74, 6) is 0.968. The van der Waals surface area contributed by atoms with Gasteiger partial charge in [-0.2, -0.15) is 4.31 Å². The van der Waals surface area contributed by atoms with Crippen LogP contribution in [0.25, 0.3) is 0 Å². The number of methoxy groups -OCH3 is 1. The number of aryl methyl sites for hydroxylation is 2. The zero-order valence-electron chi connectivity index (χ0n) is 20.0. The van der Waals surface area contributed by atoms with Crippen LogP contribution in [0.15, 0.2) is 41.3 Å². The van der Waals surface area contributed by atoms with E-state index in [9.17, 15) is 13.2 Å². The van der Waals surface area contributed by atoms with Gasteiger partial charge in [-0.1, -0.05) is 6.07 Å². The smallest absolute Gasteiger partial charge is 0.257 e. The third-order valence-electron chi connectivity index (χ3n) is 6.52. The molecule has 34 heavy (non-hydrogen) atoms. The number of ether oxygens (including phenoxy) is 3. The Morgan fingerprint density at radius 1 is 0.971 bits per heavy atom. The first-order valence-electron chi connectivity index (χ1n) is 11.6. The molecule has 2 saturated heterocycles. The highest BCUT2D eigenvalue weighted by Gasteiger charge is 2.30. The molecule has 0 aliphatic carbocycles. The maximum atomic E-state index is 13.4. The molecular weight excluding hydrogens is 456 g/mol. The summed E-state index contributed by atoms with van der Waals surface area (Å²) in [4.78, 5) is 15.2. The Labute approximate surface area is 201 Å². The molecule has 2 aliphatic heterocycles. The lowest BCUT2D eigenvalue weighted by molar-refractivity contribution is 0.0592. The average Bonchev–Trinajstić information content (AvgIpc) is 2.86. The summed E-state index contributed by atoms with van der Waals surface area (Å²) in [5, 5.41) is 0. The second-order valence-electron chi connectivity index (χ2n) is 8.73. The van der Waals surface area contributed by atoms with Crippen LogP contribution in [0.5, 0.6) is 11.5 Å². The molecule has 4 rings (SSSR count). The van der Waals surface area contributed by atoms with Gasteiger partial charge in [-0.3, -0.25) is 4.79 Å². The van der Waals surface area contributed by atoms with E-state index in [0.717, 1.165) is 5.75 Å². The Kier molecular flexibility index (Phi) is 7.45. The third kappa shape index (κ3) is 5.21. The number of amides is 1. The zero-order valence-corrected chi connectivity index (χ0v) is 20.8. The van der Waals surface area contributed by atoms with Crippen molar-refractivity contribution in [2.45, 2.75) is 37.7 Å². The molecule has 2 fully saturated rings. The number of carbonyl (C=O) groups is 1. The fourth-order valence-electron chi connectivity index (χ4n) is 4.28. The van der Waals surface area contributed by atoms with E-state index >= 15 is 0 Å². The molecule has 0 bridgehead atoms. The Balaban J connectivity index is 1.46. The van der Waals surface area contributed by atoms with E-state index < -0.39 is 10.0 Å². The van der Waals surface area contributed by atoms with E-state index in [1.165, 1.54) is 34.7 Å². The molecule has 184 valence electrons. The monoisotopic (exact) mass is 488 g/mol. The largest absolute Gasteiger partial charge is 0.496 e. The fraction of sp³-hybridized carbons (Fsp3) is 0.480. The first-order valence-corrected chi connectivity index (χ1v) is 13.0. The minimum atomic E-state index is -3.72. The topological polar surface area (TPSA) is 85.4 Å². The van der Waals surface area contributed by atoms with Crippen LogP contribution in [-0.2, 0) is 14.8 Å². The number of piperidine rings is 1. The minimum absolute atomic E-state index is 0.0288. The first-order chi connectivity index (χ1) is 16.3. The quantitative estimate of drug-likeness (QED) is 0.622. The fourth-order valence-corrected chi connectivity index (χ4v) is 5.71. The van der Waals surface area contributed by atoms with Gasteiger partial charge in [-0.05, 0) is 55.3 Å². The number of benzene rings is 2. The number of carbonyl (C=O) groups excluding carboxylic acids is 1. The van der Waals surface area contributed by atoms with Crippen molar-refractivity contribution in [1.29, 1.82) is 0 Å². The number of likely N-dealkylation sites (tertiary alicyclic amines) is 1. The van der Waals surface area contributed by atoms with Crippen LogP contribution in [0.3, 0.4) is 0 Å². The molecule has 2 heterocycles. The predicted molar refractivity (Wildman–Crippen MR) is 128 cm³/mol. The van der Waals surface area contributed by atoms with Crippen LogP contribution in [0.4, 0.5) is 0 Å². The Morgan fingerprint density at radius 3 is 2.32 bits per heavy atom. The number of rotatable bonds is 6. The molecule has 0 unspecified atom stereocenters. The van der Waals surface area contributed by atoms with Crippen molar-refractivity contribution >= 4 is 15.9 Å². The van der Waals surface area contributed by atoms with E-state index in [1.54, 1.807) is 11.0 Å². The van der Waals surface area contributed by atoms with E-state index in [-0.39, 0.29) is 22.5 Å². The van der Waals surface area contributed by atoms with E-state index in [4.69, 9.17) is 14.2 Å². The number of hydrogen-bond donors (Lipinski definition) is 0. The summed E-state index contributed by atoms with van der Waals surface area (Å²) >= 11 is 0. The van der Waals surface area contributed by atoms with Gasteiger partial charge in [0.1, 0.15) is 17.6 Å². The van der Waals surface area contributed by atoms with Crippen LogP contribution in [-0.4, -0.2) is 76.1 Å². The molecule has 2 aliphatic rings. The summed E-state index contributed by atoms with van der Waals surface area (Å²) < 4.78 is 44.4. The van der Waals surface area contributed by atoms with Crippen molar-refractivity contribution in [3.05, 3.63) is 53.1 Å². The Bertz CT molecular complexity index is 1140. The van der Waals surface area contributed by atoms with Crippen LogP contribution in [0.1, 0.15) is 34.3 Å². The summed E-state index contributed by atoms with van der Waals surface area (Å²) in [6.45, 7) is 6.50. The first kappa shape index (κ1) is 24.5. The van der Waals surface area contributed by atoms with E-state index in [0.29, 0.717) is 58.0 Å². The van der Waals surface area contributed by atoms with Crippen LogP contribution in [0.2, 0.25) is 0 Å². The number of nitrogens with zero attached hydrogens (tertiary/aromatic N) is 2. The molecule has 9 heteroatoms. The Hall–Kier alpha value is -2.62. The second kappa shape index (κ2) is 10.3. The summed E-state index contributed by atoms with van der Waals surface area (Å²) in [7, 11) is -2.24. The Morgan fingerprint density at radius 2 is 1.68 bits per heavy atom. The van der Waals surface area contributed by atoms with Gasteiger partial charge in [-0.25, -0.2) is 8.42 Å². The molecule has 1 amide bonds. The van der Waals surface area contributed by atoms with Gasteiger partial charge in [-0.15, -0.1) is 0 Å². The molecule has 0 spiro atoms. The highest BCUT2D eigenvalue weighted by molar-refractivity contribution is 7.89. The van der Waals surface area contributed by atoms with Crippen molar-refractivity contribution in [3.63, 3.8) is 0 Å². The predicted octanol–water partition coefficient (Wildman–Crippen LogP) is 3.02. The zero-order chi connectivity index (χ0) is 24.3. The lowest BCUT2D eigenvalue weighted by atomic mass is 10.1. The maximum Gasteiger partial charge on any atom is 0.257 e. The molecule has 0 aromatic heterocycles. The summed E-state index contributed by atoms with van der Waals surface area (Å²) in [5.41, 5.74) is 2.66. The van der Waals surface area contributed by atoms with Gasteiger partial charge in [0, 0.05) is 39.0 Å². The van der Waals surface area contributed by atoms with Crippen molar-refractivity contribution in [3.8, 4) is 11.5 Å². The molecule has 8 nitrogen and oxygen atoms in total. The van der Waals surface area contributed by atoms with Crippen molar-refractivity contribution < 1.29 is 27.4 Å². The molecule has 2 aromatic rings. The van der Waals surface area contributed by atoms with E-state index in [2.05, 4.69) is 13.8 Å². The van der Waals surface area contributed by atoms with Crippen molar-refractivity contribution in [2.24, 2.45) is 0 Å². The van der Waals surface area contributed by atoms with Gasteiger partial charge in [0.25, 0.3) is 5.91 Å². The number of hydrogen-bond acceptors (Lipinski definition) is 6. The molecule has 0 atom stereocenters. The van der Waals surface area contributed by atoms with Crippen LogP contribution >= 0.6 is 0 Å². The molecule has 0 N–H and O–H groups in total. The SMILES string of the molecule is COc1ccc(S(=O)(=O)N2CCOCC2)cc1C(=O)N1CCC(Oc2ccc(C)c(C)c2)CC1. The number of sulfonamides is 1. The molecule has 0 radical (unpaired) electrons. The molecule has 2 aromatic carbocycles. The lowest BCUT2D eigenvalue weighted by Crippen LogP contribution is -2.42. The summed E-state index contributed by atoms with van der Waals surface area (Å²) in [6, 6.07) is 10.5.